The van der Waals surface area contributed by atoms with Crippen molar-refractivity contribution in [3.05, 3.63) is 65.2 Å². The average molecular weight is 455 g/mol. The molecule has 2 aromatic carbocycles. The number of nitrogens with zero attached hydrogens (tertiary/aromatic N) is 1. The van der Waals surface area contributed by atoms with E-state index in [0.717, 1.165) is 36.8 Å². The number of amides is 1. The van der Waals surface area contributed by atoms with Gasteiger partial charge in [-0.3, -0.25) is 4.79 Å². The molecule has 4 rings (SSSR count). The van der Waals surface area contributed by atoms with E-state index >= 15 is 0 Å². The van der Waals surface area contributed by atoms with Gasteiger partial charge >= 0.3 is 0 Å². The van der Waals surface area contributed by atoms with E-state index in [1.165, 1.54) is 5.56 Å². The predicted octanol–water partition coefficient (Wildman–Crippen LogP) is 4.48. The predicted molar refractivity (Wildman–Crippen MR) is 127 cm³/mol. The molecule has 1 N–H and O–H groups in total. The van der Waals surface area contributed by atoms with Gasteiger partial charge < -0.3 is 5.32 Å². The lowest BCUT2D eigenvalue weighted by molar-refractivity contribution is -0.127. The van der Waals surface area contributed by atoms with E-state index in [9.17, 15) is 13.2 Å². The Hall–Kier alpha value is -2.18. The third kappa shape index (κ3) is 5.07. The molecule has 1 amide bonds. The average Bonchev–Trinajstić information content (AvgIpc) is 3.27. The first-order chi connectivity index (χ1) is 15.3. The van der Waals surface area contributed by atoms with Crippen molar-refractivity contribution in [1.82, 2.24) is 9.62 Å². The Kier molecular flexibility index (Phi) is 7.01. The lowest BCUT2D eigenvalue weighted by atomic mass is 9.93. The van der Waals surface area contributed by atoms with Crippen LogP contribution in [0.1, 0.15) is 62.3 Å². The van der Waals surface area contributed by atoms with Crippen molar-refractivity contribution < 1.29 is 13.2 Å². The van der Waals surface area contributed by atoms with Crippen molar-refractivity contribution in [2.75, 3.05) is 13.1 Å². The van der Waals surface area contributed by atoms with Gasteiger partial charge in [0.1, 0.15) is 0 Å². The topological polar surface area (TPSA) is 66.5 Å². The minimum Gasteiger partial charge on any atom is -0.349 e. The Morgan fingerprint density at radius 1 is 1.03 bits per heavy atom. The van der Waals surface area contributed by atoms with E-state index in [-0.39, 0.29) is 17.9 Å². The highest BCUT2D eigenvalue weighted by molar-refractivity contribution is 7.89. The molecular weight excluding hydrogens is 420 g/mol. The number of piperidine rings is 1. The third-order valence-corrected chi connectivity index (χ3v) is 8.65. The number of rotatable bonds is 7. The number of sulfonamides is 1. The maximum atomic E-state index is 13.2. The summed E-state index contributed by atoms with van der Waals surface area (Å²) >= 11 is 0. The maximum Gasteiger partial charge on any atom is 0.243 e. The summed E-state index contributed by atoms with van der Waals surface area (Å²) in [6.45, 7) is 5.09. The fourth-order valence-corrected chi connectivity index (χ4v) is 6.46. The van der Waals surface area contributed by atoms with Crippen molar-refractivity contribution in [1.29, 1.82) is 0 Å². The van der Waals surface area contributed by atoms with Gasteiger partial charge in [0.2, 0.25) is 15.9 Å². The number of hydrogen-bond donors (Lipinski definition) is 1. The summed E-state index contributed by atoms with van der Waals surface area (Å²) in [5.74, 6) is 0.341. The molecule has 5 nitrogen and oxygen atoms in total. The van der Waals surface area contributed by atoms with Crippen LogP contribution in [-0.2, 0) is 27.7 Å². The molecule has 0 spiro atoms. The molecule has 1 aliphatic heterocycles. The number of carbonyl (C=O) groups is 1. The van der Waals surface area contributed by atoms with E-state index in [1.807, 2.05) is 30.3 Å². The number of hydrogen-bond acceptors (Lipinski definition) is 3. The Morgan fingerprint density at radius 2 is 1.72 bits per heavy atom. The molecule has 6 heteroatoms. The van der Waals surface area contributed by atoms with Crippen LogP contribution in [0.2, 0.25) is 0 Å². The summed E-state index contributed by atoms with van der Waals surface area (Å²) < 4.78 is 27.9. The van der Waals surface area contributed by atoms with Crippen LogP contribution in [0.4, 0.5) is 0 Å². The number of nitrogens with one attached hydrogen (secondary N) is 1. The van der Waals surface area contributed by atoms with Crippen LogP contribution in [0.5, 0.6) is 0 Å². The van der Waals surface area contributed by atoms with Gasteiger partial charge in [-0.05, 0) is 73.3 Å². The number of benzene rings is 2. The van der Waals surface area contributed by atoms with E-state index in [0.29, 0.717) is 36.7 Å². The molecular formula is C26H34N2O3S. The molecule has 0 saturated carbocycles. The van der Waals surface area contributed by atoms with Crippen LogP contribution >= 0.6 is 0 Å². The highest BCUT2D eigenvalue weighted by Gasteiger charge is 2.33. The first kappa shape index (κ1) is 23.0. The van der Waals surface area contributed by atoms with E-state index in [1.54, 1.807) is 10.4 Å². The van der Waals surface area contributed by atoms with E-state index < -0.39 is 10.0 Å². The van der Waals surface area contributed by atoms with Crippen molar-refractivity contribution in [2.24, 2.45) is 11.8 Å². The SMILES string of the molecule is CC(C)C[C@@H](NC(=O)C1CCN(S(=O)(=O)c2ccc3c(c2)CCC3)CC1)c1ccccc1. The fraction of sp³-hybridized carbons (Fsp3) is 0.500. The zero-order chi connectivity index (χ0) is 22.7. The molecule has 1 heterocycles. The molecule has 0 unspecified atom stereocenters. The molecule has 0 aromatic heterocycles. The Labute approximate surface area is 192 Å². The summed E-state index contributed by atoms with van der Waals surface area (Å²) in [6, 6.07) is 15.6. The second kappa shape index (κ2) is 9.75. The maximum absolute atomic E-state index is 13.2. The van der Waals surface area contributed by atoms with Gasteiger partial charge in [-0.1, -0.05) is 50.2 Å². The Balaban J connectivity index is 1.38. The molecule has 172 valence electrons. The van der Waals surface area contributed by atoms with Gasteiger partial charge in [0.15, 0.2) is 0 Å². The molecule has 32 heavy (non-hydrogen) atoms. The molecule has 0 radical (unpaired) electrons. The van der Waals surface area contributed by atoms with Crippen molar-refractivity contribution in [2.45, 2.75) is 63.3 Å². The summed E-state index contributed by atoms with van der Waals surface area (Å²) in [5, 5.41) is 3.24. The van der Waals surface area contributed by atoms with Crippen LogP contribution in [0.3, 0.4) is 0 Å². The zero-order valence-corrected chi connectivity index (χ0v) is 19.9. The van der Waals surface area contributed by atoms with Crippen molar-refractivity contribution >= 4 is 15.9 Å². The monoisotopic (exact) mass is 454 g/mol. The van der Waals surface area contributed by atoms with Crippen LogP contribution in [0.25, 0.3) is 0 Å². The zero-order valence-electron chi connectivity index (χ0n) is 19.1. The van der Waals surface area contributed by atoms with Crippen molar-refractivity contribution in [3.63, 3.8) is 0 Å². The standard InChI is InChI=1S/C26H34N2O3S/c1-19(2)17-25(21-7-4-3-5-8-21)27-26(29)22-13-15-28(16-14-22)32(30,31)24-12-11-20-9-6-10-23(20)18-24/h3-5,7-8,11-12,18-19,22,25H,6,9-10,13-17H2,1-2H3,(H,27,29)/t25-/m1/s1. The minimum atomic E-state index is -3.51. The lowest BCUT2D eigenvalue weighted by Gasteiger charge is -2.32. The van der Waals surface area contributed by atoms with E-state index in [4.69, 9.17) is 0 Å². The Bertz CT molecular complexity index is 1040. The first-order valence-electron chi connectivity index (χ1n) is 11.8. The molecule has 2 aromatic rings. The lowest BCUT2D eigenvalue weighted by Crippen LogP contribution is -2.43. The van der Waals surface area contributed by atoms with Crippen LogP contribution in [-0.4, -0.2) is 31.7 Å². The van der Waals surface area contributed by atoms with Gasteiger partial charge in [-0.2, -0.15) is 4.31 Å². The van der Waals surface area contributed by atoms with E-state index in [2.05, 4.69) is 31.3 Å². The normalized spacial score (nSPS) is 18.5. The number of fused-ring (bicyclic) bond motifs is 1. The second-order valence-electron chi connectivity index (χ2n) is 9.56. The Morgan fingerprint density at radius 3 is 2.41 bits per heavy atom. The number of aryl methyl sites for hydroxylation is 2. The summed E-state index contributed by atoms with van der Waals surface area (Å²) in [6.07, 6.45) is 5.08. The summed E-state index contributed by atoms with van der Waals surface area (Å²) in [7, 11) is -3.51. The largest absolute Gasteiger partial charge is 0.349 e. The third-order valence-electron chi connectivity index (χ3n) is 6.76. The summed E-state index contributed by atoms with van der Waals surface area (Å²) in [4.78, 5) is 13.4. The number of carbonyl (C=O) groups excluding carboxylic acids is 1. The quantitative estimate of drug-likeness (QED) is 0.671. The highest BCUT2D eigenvalue weighted by atomic mass is 32.2. The van der Waals surface area contributed by atoms with Crippen LogP contribution in [0, 0.1) is 11.8 Å². The minimum absolute atomic E-state index is 0.0168. The highest BCUT2D eigenvalue weighted by Crippen LogP contribution is 2.29. The fourth-order valence-electron chi connectivity index (χ4n) is 4.94. The molecule has 2 aliphatic rings. The first-order valence-corrected chi connectivity index (χ1v) is 13.3. The molecule has 0 bridgehead atoms. The van der Waals surface area contributed by atoms with Crippen LogP contribution < -0.4 is 5.32 Å². The smallest absolute Gasteiger partial charge is 0.243 e. The molecule has 1 saturated heterocycles. The summed E-state index contributed by atoms with van der Waals surface area (Å²) in [5.41, 5.74) is 3.55. The van der Waals surface area contributed by atoms with Gasteiger partial charge in [0.25, 0.3) is 0 Å². The van der Waals surface area contributed by atoms with Crippen LogP contribution in [0.15, 0.2) is 53.4 Å². The van der Waals surface area contributed by atoms with Crippen molar-refractivity contribution in [3.8, 4) is 0 Å². The van der Waals surface area contributed by atoms with Gasteiger partial charge in [0.05, 0.1) is 10.9 Å². The molecule has 1 aliphatic carbocycles. The van der Waals surface area contributed by atoms with Gasteiger partial charge in [0, 0.05) is 19.0 Å². The molecule has 1 fully saturated rings. The molecule has 1 atom stereocenters. The van der Waals surface area contributed by atoms with Gasteiger partial charge in [-0.15, -0.1) is 0 Å². The second-order valence-corrected chi connectivity index (χ2v) is 11.5. The van der Waals surface area contributed by atoms with Gasteiger partial charge in [-0.25, -0.2) is 8.42 Å².